The molecule has 0 aliphatic carbocycles. The number of hydrogen-bond donors (Lipinski definition) is 0. The number of ether oxygens (including phenoxy) is 1. The second kappa shape index (κ2) is 6.71. The third kappa shape index (κ3) is 3.35. The predicted molar refractivity (Wildman–Crippen MR) is 87.6 cm³/mol. The first-order chi connectivity index (χ1) is 11.3. The molecule has 0 radical (unpaired) electrons. The minimum atomic E-state index is -0.582. The number of rotatable bonds is 4. The quantitative estimate of drug-likeness (QED) is 0.546. The van der Waals surface area contributed by atoms with Crippen molar-refractivity contribution in [3.05, 3.63) is 72.2 Å². The van der Waals surface area contributed by atoms with Gasteiger partial charge < -0.3 is 4.74 Å². The summed E-state index contributed by atoms with van der Waals surface area (Å²) in [6.45, 7) is 0. The molecule has 2 heterocycles. The van der Waals surface area contributed by atoms with Crippen molar-refractivity contribution in [2.75, 3.05) is 0 Å². The Morgan fingerprint density at radius 2 is 1.96 bits per heavy atom. The molecule has 0 aliphatic heterocycles. The van der Waals surface area contributed by atoms with E-state index in [1.54, 1.807) is 24.4 Å². The van der Waals surface area contributed by atoms with Crippen LogP contribution in [0.4, 0.5) is 0 Å². The molecule has 0 saturated carbocycles. The standard InChI is InChI=1S/C19H14N2O2/c1-2-7-18(16-10-5-6-13-20-16)23-19(22)17-12-11-14-8-3-4-9-15(14)21-17/h1,3-6,8-13,18H,7H2/t18-/m1/s1. The smallest absolute Gasteiger partial charge is 0.357 e. The predicted octanol–water partition coefficient (Wildman–Crippen LogP) is 3.55. The Kier molecular flexibility index (Phi) is 4.30. The first kappa shape index (κ1) is 14.7. The zero-order valence-corrected chi connectivity index (χ0v) is 12.3. The zero-order chi connectivity index (χ0) is 16.1. The maximum atomic E-state index is 12.4. The summed E-state index contributed by atoms with van der Waals surface area (Å²) in [5.41, 5.74) is 1.62. The number of hydrogen-bond acceptors (Lipinski definition) is 4. The van der Waals surface area contributed by atoms with Crippen molar-refractivity contribution in [2.24, 2.45) is 0 Å². The van der Waals surface area contributed by atoms with Crippen molar-refractivity contribution in [2.45, 2.75) is 12.5 Å². The Hall–Kier alpha value is -3.19. The van der Waals surface area contributed by atoms with Crippen LogP contribution < -0.4 is 0 Å². The highest BCUT2D eigenvalue weighted by molar-refractivity contribution is 5.91. The molecule has 112 valence electrons. The molecule has 3 aromatic rings. The van der Waals surface area contributed by atoms with Crippen molar-refractivity contribution < 1.29 is 9.53 Å². The Balaban J connectivity index is 1.84. The third-order valence-electron chi connectivity index (χ3n) is 3.38. The number of pyridine rings is 2. The molecule has 3 rings (SSSR count). The molecule has 0 spiro atoms. The van der Waals surface area contributed by atoms with Crippen LogP contribution in [-0.2, 0) is 4.74 Å². The van der Waals surface area contributed by atoms with Crippen LogP contribution in [0.15, 0.2) is 60.8 Å². The number of terminal acetylenes is 1. The van der Waals surface area contributed by atoms with Crippen LogP contribution in [0.1, 0.15) is 28.7 Å². The number of nitrogens with zero attached hydrogens (tertiary/aromatic N) is 2. The number of fused-ring (bicyclic) bond motifs is 1. The van der Waals surface area contributed by atoms with Crippen molar-refractivity contribution in [1.29, 1.82) is 0 Å². The van der Waals surface area contributed by atoms with Gasteiger partial charge in [-0.3, -0.25) is 4.98 Å². The first-order valence-electron chi connectivity index (χ1n) is 7.19. The molecule has 0 bridgehead atoms. The first-order valence-corrected chi connectivity index (χ1v) is 7.19. The monoisotopic (exact) mass is 302 g/mol. The summed E-state index contributed by atoms with van der Waals surface area (Å²) >= 11 is 0. The van der Waals surface area contributed by atoms with Gasteiger partial charge in [0.25, 0.3) is 0 Å². The summed E-state index contributed by atoms with van der Waals surface area (Å²) in [6, 6.07) is 16.5. The zero-order valence-electron chi connectivity index (χ0n) is 12.3. The molecule has 1 atom stereocenters. The number of esters is 1. The summed E-state index contributed by atoms with van der Waals surface area (Å²) in [7, 11) is 0. The van der Waals surface area contributed by atoms with E-state index in [0.717, 1.165) is 10.9 Å². The summed E-state index contributed by atoms with van der Waals surface area (Å²) in [5.74, 6) is 2.00. The molecule has 4 heteroatoms. The molecule has 4 nitrogen and oxygen atoms in total. The summed E-state index contributed by atoms with van der Waals surface area (Å²) in [5, 5.41) is 0.967. The fourth-order valence-electron chi connectivity index (χ4n) is 2.25. The molecule has 0 fully saturated rings. The van der Waals surface area contributed by atoms with Gasteiger partial charge >= 0.3 is 5.97 Å². The van der Waals surface area contributed by atoms with Gasteiger partial charge in [0, 0.05) is 11.6 Å². The van der Waals surface area contributed by atoms with Crippen LogP contribution in [0.25, 0.3) is 10.9 Å². The summed E-state index contributed by atoms with van der Waals surface area (Å²) in [6.07, 6.45) is 6.69. The van der Waals surface area contributed by atoms with E-state index in [2.05, 4.69) is 15.9 Å². The van der Waals surface area contributed by atoms with E-state index in [1.165, 1.54) is 0 Å². The molecule has 0 unspecified atom stereocenters. The van der Waals surface area contributed by atoms with Gasteiger partial charge in [-0.15, -0.1) is 12.3 Å². The number of para-hydroxylation sites is 1. The summed E-state index contributed by atoms with van der Waals surface area (Å²) < 4.78 is 5.51. The molecule has 0 saturated heterocycles. The van der Waals surface area contributed by atoms with Crippen LogP contribution >= 0.6 is 0 Å². The molecular formula is C19H14N2O2. The lowest BCUT2D eigenvalue weighted by Crippen LogP contribution is -2.13. The number of aromatic nitrogens is 2. The van der Waals surface area contributed by atoms with E-state index in [1.807, 2.05) is 36.4 Å². The molecule has 0 amide bonds. The van der Waals surface area contributed by atoms with Gasteiger partial charge in [-0.25, -0.2) is 9.78 Å². The highest BCUT2D eigenvalue weighted by atomic mass is 16.5. The third-order valence-corrected chi connectivity index (χ3v) is 3.38. The van der Waals surface area contributed by atoms with E-state index in [9.17, 15) is 4.79 Å². The number of benzene rings is 1. The lowest BCUT2D eigenvalue weighted by molar-refractivity contribution is 0.0292. The van der Waals surface area contributed by atoms with Gasteiger partial charge in [0.2, 0.25) is 0 Å². The van der Waals surface area contributed by atoms with E-state index >= 15 is 0 Å². The molecule has 1 aromatic carbocycles. The Bertz CT molecular complexity index is 869. The number of carbonyl (C=O) groups is 1. The Labute approximate surface area is 134 Å². The van der Waals surface area contributed by atoms with Crippen LogP contribution in [0.3, 0.4) is 0 Å². The van der Waals surface area contributed by atoms with Gasteiger partial charge in [0.05, 0.1) is 17.6 Å². The minimum absolute atomic E-state index is 0.252. The second-order valence-electron chi connectivity index (χ2n) is 4.95. The van der Waals surface area contributed by atoms with Crippen molar-refractivity contribution in [3.8, 4) is 12.3 Å². The van der Waals surface area contributed by atoms with E-state index < -0.39 is 12.1 Å². The maximum Gasteiger partial charge on any atom is 0.357 e. The normalized spacial score (nSPS) is 11.6. The Morgan fingerprint density at radius 3 is 2.74 bits per heavy atom. The second-order valence-corrected chi connectivity index (χ2v) is 4.95. The van der Waals surface area contributed by atoms with Crippen molar-refractivity contribution in [1.82, 2.24) is 9.97 Å². The van der Waals surface area contributed by atoms with E-state index in [4.69, 9.17) is 11.2 Å². The summed E-state index contributed by atoms with van der Waals surface area (Å²) in [4.78, 5) is 20.9. The molecule has 2 aromatic heterocycles. The minimum Gasteiger partial charge on any atom is -0.450 e. The fraction of sp³-hybridized carbons (Fsp3) is 0.105. The van der Waals surface area contributed by atoms with Gasteiger partial charge in [-0.2, -0.15) is 0 Å². The van der Waals surface area contributed by atoms with Crippen molar-refractivity contribution in [3.63, 3.8) is 0 Å². The molecule has 23 heavy (non-hydrogen) atoms. The average molecular weight is 302 g/mol. The number of carbonyl (C=O) groups excluding carboxylic acids is 1. The highest BCUT2D eigenvalue weighted by Gasteiger charge is 2.19. The highest BCUT2D eigenvalue weighted by Crippen LogP contribution is 2.21. The average Bonchev–Trinajstić information content (AvgIpc) is 2.61. The van der Waals surface area contributed by atoms with Gasteiger partial charge in [-0.1, -0.05) is 30.3 Å². The molecular weight excluding hydrogens is 288 g/mol. The van der Waals surface area contributed by atoms with Crippen LogP contribution in [0.5, 0.6) is 0 Å². The molecule has 0 aliphatic rings. The lowest BCUT2D eigenvalue weighted by atomic mass is 10.1. The largest absolute Gasteiger partial charge is 0.450 e. The molecule has 0 N–H and O–H groups in total. The SMILES string of the molecule is C#CC[C@@H](OC(=O)c1ccc2ccccc2n1)c1ccccn1. The van der Waals surface area contributed by atoms with Gasteiger partial charge in [-0.05, 0) is 24.3 Å². The maximum absolute atomic E-state index is 12.4. The van der Waals surface area contributed by atoms with Crippen LogP contribution in [0, 0.1) is 12.3 Å². The fourth-order valence-corrected chi connectivity index (χ4v) is 2.25. The van der Waals surface area contributed by atoms with Crippen LogP contribution in [0.2, 0.25) is 0 Å². The van der Waals surface area contributed by atoms with Crippen LogP contribution in [-0.4, -0.2) is 15.9 Å². The van der Waals surface area contributed by atoms with Crippen molar-refractivity contribution >= 4 is 16.9 Å². The van der Waals surface area contributed by atoms with E-state index in [0.29, 0.717) is 5.69 Å². The lowest BCUT2D eigenvalue weighted by Gasteiger charge is -2.15. The van der Waals surface area contributed by atoms with E-state index in [-0.39, 0.29) is 12.1 Å². The van der Waals surface area contributed by atoms with Gasteiger partial charge in [0.15, 0.2) is 6.10 Å². The Morgan fingerprint density at radius 1 is 1.13 bits per heavy atom. The van der Waals surface area contributed by atoms with Gasteiger partial charge in [0.1, 0.15) is 5.69 Å². The topological polar surface area (TPSA) is 52.1 Å².